The molecule has 0 atom stereocenters. The van der Waals surface area contributed by atoms with Crippen LogP contribution < -0.4 is 10.7 Å². The molecule has 0 bridgehead atoms. The van der Waals surface area contributed by atoms with Crippen molar-refractivity contribution in [2.75, 3.05) is 6.54 Å². The monoisotopic (exact) mass is 341 g/mol. The number of benzene rings is 1. The molecular formula is C18H19N3O4. The van der Waals surface area contributed by atoms with Crippen LogP contribution in [0, 0.1) is 0 Å². The third-order valence-corrected chi connectivity index (χ3v) is 3.71. The van der Waals surface area contributed by atoms with Crippen molar-refractivity contribution in [3.8, 4) is 0 Å². The van der Waals surface area contributed by atoms with E-state index in [2.05, 4.69) is 15.5 Å². The molecule has 7 nitrogen and oxygen atoms in total. The average molecular weight is 341 g/mol. The number of aryl methyl sites for hydroxylation is 1. The SMILES string of the molecule is CC(C)c1noc(CCCNC(=O)c2cc(=O)c3ccccc3o2)n1. The Hall–Kier alpha value is -2.96. The summed E-state index contributed by atoms with van der Waals surface area (Å²) in [5.74, 6) is 1.03. The lowest BCUT2D eigenvalue weighted by molar-refractivity contribution is 0.0926. The smallest absolute Gasteiger partial charge is 0.287 e. The zero-order chi connectivity index (χ0) is 17.8. The highest BCUT2D eigenvalue weighted by atomic mass is 16.5. The number of nitrogens with one attached hydrogen (secondary N) is 1. The highest BCUT2D eigenvalue weighted by Crippen LogP contribution is 2.12. The van der Waals surface area contributed by atoms with E-state index in [0.29, 0.717) is 42.1 Å². The molecule has 7 heteroatoms. The number of para-hydroxylation sites is 1. The van der Waals surface area contributed by atoms with E-state index in [1.165, 1.54) is 6.07 Å². The third kappa shape index (κ3) is 3.93. The predicted molar refractivity (Wildman–Crippen MR) is 91.5 cm³/mol. The van der Waals surface area contributed by atoms with Gasteiger partial charge in [0.15, 0.2) is 17.0 Å². The van der Waals surface area contributed by atoms with Crippen LogP contribution in [0.2, 0.25) is 0 Å². The Balaban J connectivity index is 1.56. The summed E-state index contributed by atoms with van der Waals surface area (Å²) in [4.78, 5) is 28.4. The second-order valence-corrected chi connectivity index (χ2v) is 6.03. The summed E-state index contributed by atoms with van der Waals surface area (Å²) in [6.07, 6.45) is 1.21. The van der Waals surface area contributed by atoms with Crippen molar-refractivity contribution in [2.24, 2.45) is 0 Å². The van der Waals surface area contributed by atoms with Gasteiger partial charge in [-0.05, 0) is 18.6 Å². The fourth-order valence-electron chi connectivity index (χ4n) is 2.35. The molecule has 25 heavy (non-hydrogen) atoms. The maximum Gasteiger partial charge on any atom is 0.287 e. The molecule has 0 aliphatic heterocycles. The van der Waals surface area contributed by atoms with E-state index in [4.69, 9.17) is 8.94 Å². The molecule has 3 rings (SSSR count). The van der Waals surface area contributed by atoms with E-state index in [0.717, 1.165) is 0 Å². The molecule has 2 heterocycles. The van der Waals surface area contributed by atoms with E-state index in [-0.39, 0.29) is 17.1 Å². The number of fused-ring (bicyclic) bond motifs is 1. The van der Waals surface area contributed by atoms with Crippen molar-refractivity contribution in [1.82, 2.24) is 15.5 Å². The first-order chi connectivity index (χ1) is 12.0. The van der Waals surface area contributed by atoms with Crippen molar-refractivity contribution >= 4 is 16.9 Å². The molecule has 1 N–H and O–H groups in total. The fourth-order valence-corrected chi connectivity index (χ4v) is 2.35. The number of carbonyl (C=O) groups excluding carboxylic acids is 1. The van der Waals surface area contributed by atoms with E-state index in [1.54, 1.807) is 24.3 Å². The molecule has 130 valence electrons. The zero-order valence-electron chi connectivity index (χ0n) is 14.1. The minimum absolute atomic E-state index is 0.00332. The molecule has 1 aromatic carbocycles. The van der Waals surface area contributed by atoms with Gasteiger partial charge in [-0.2, -0.15) is 4.98 Å². The maximum absolute atomic E-state index is 12.2. The summed E-state index contributed by atoms with van der Waals surface area (Å²) < 4.78 is 10.6. The lowest BCUT2D eigenvalue weighted by Gasteiger charge is -2.04. The minimum Gasteiger partial charge on any atom is -0.451 e. The summed E-state index contributed by atoms with van der Waals surface area (Å²) in [7, 11) is 0. The molecule has 0 aliphatic rings. The lowest BCUT2D eigenvalue weighted by atomic mass is 10.2. The normalized spacial score (nSPS) is 11.2. The number of carbonyl (C=O) groups is 1. The molecule has 0 saturated heterocycles. The number of hydrogen-bond donors (Lipinski definition) is 1. The van der Waals surface area contributed by atoms with Crippen molar-refractivity contribution in [3.63, 3.8) is 0 Å². The van der Waals surface area contributed by atoms with Gasteiger partial charge in [-0.15, -0.1) is 0 Å². The molecule has 0 saturated carbocycles. The fraction of sp³-hybridized carbons (Fsp3) is 0.333. The first-order valence-electron chi connectivity index (χ1n) is 8.18. The van der Waals surface area contributed by atoms with Crippen LogP contribution in [0.25, 0.3) is 11.0 Å². The van der Waals surface area contributed by atoms with Crippen molar-refractivity contribution in [3.05, 3.63) is 58.0 Å². The summed E-state index contributed by atoms with van der Waals surface area (Å²) in [6.45, 7) is 4.40. The molecule has 0 radical (unpaired) electrons. The standard InChI is InChI=1S/C18H19N3O4/c1-11(2)17-20-16(25-21-17)8-5-9-19-18(23)15-10-13(22)12-6-3-4-7-14(12)24-15/h3-4,6-7,10-11H,5,8-9H2,1-2H3,(H,19,23). The Labute approximate surface area is 144 Å². The Morgan fingerprint density at radius 2 is 2.08 bits per heavy atom. The van der Waals surface area contributed by atoms with E-state index >= 15 is 0 Å². The molecule has 0 unspecified atom stereocenters. The van der Waals surface area contributed by atoms with Gasteiger partial charge in [0, 0.05) is 24.9 Å². The molecular weight excluding hydrogens is 322 g/mol. The van der Waals surface area contributed by atoms with E-state index in [9.17, 15) is 9.59 Å². The Morgan fingerprint density at radius 1 is 1.28 bits per heavy atom. The highest BCUT2D eigenvalue weighted by molar-refractivity contribution is 5.93. The number of aromatic nitrogens is 2. The summed E-state index contributed by atoms with van der Waals surface area (Å²) >= 11 is 0. The van der Waals surface area contributed by atoms with Gasteiger partial charge in [-0.3, -0.25) is 9.59 Å². The van der Waals surface area contributed by atoms with Crippen LogP contribution >= 0.6 is 0 Å². The predicted octanol–water partition coefficient (Wildman–Crippen LogP) is 2.66. The summed E-state index contributed by atoms with van der Waals surface area (Å²) in [5, 5.41) is 7.08. The average Bonchev–Trinajstić information content (AvgIpc) is 3.08. The van der Waals surface area contributed by atoms with Gasteiger partial charge in [0.1, 0.15) is 5.58 Å². The van der Waals surface area contributed by atoms with Crippen LogP contribution in [0.15, 0.2) is 44.1 Å². The molecule has 1 amide bonds. The van der Waals surface area contributed by atoms with Gasteiger partial charge >= 0.3 is 0 Å². The number of amides is 1. The third-order valence-electron chi connectivity index (χ3n) is 3.71. The Morgan fingerprint density at radius 3 is 2.84 bits per heavy atom. The first-order valence-corrected chi connectivity index (χ1v) is 8.18. The summed E-state index contributed by atoms with van der Waals surface area (Å²) in [6, 6.07) is 8.04. The second kappa shape index (κ2) is 7.29. The van der Waals surface area contributed by atoms with Gasteiger partial charge in [0.25, 0.3) is 5.91 Å². The topological polar surface area (TPSA) is 98.2 Å². The van der Waals surface area contributed by atoms with Gasteiger partial charge in [0.05, 0.1) is 5.39 Å². The molecule has 3 aromatic rings. The quantitative estimate of drug-likeness (QED) is 0.692. The highest BCUT2D eigenvalue weighted by Gasteiger charge is 2.12. The van der Waals surface area contributed by atoms with Crippen molar-refractivity contribution in [2.45, 2.75) is 32.6 Å². The molecule has 0 fully saturated rings. The van der Waals surface area contributed by atoms with Crippen LogP contribution in [0.3, 0.4) is 0 Å². The van der Waals surface area contributed by atoms with Crippen LogP contribution in [0.4, 0.5) is 0 Å². The Kier molecular flexibility index (Phi) is 4.92. The minimum atomic E-state index is -0.420. The van der Waals surface area contributed by atoms with Gasteiger partial charge < -0.3 is 14.3 Å². The largest absolute Gasteiger partial charge is 0.451 e. The first kappa shape index (κ1) is 16.9. The van der Waals surface area contributed by atoms with Gasteiger partial charge in [-0.1, -0.05) is 31.1 Å². The van der Waals surface area contributed by atoms with Crippen LogP contribution in [0.1, 0.15) is 48.5 Å². The van der Waals surface area contributed by atoms with Gasteiger partial charge in [-0.25, -0.2) is 0 Å². The molecule has 0 spiro atoms. The lowest BCUT2D eigenvalue weighted by Crippen LogP contribution is -2.25. The number of hydrogen-bond acceptors (Lipinski definition) is 6. The zero-order valence-corrected chi connectivity index (χ0v) is 14.1. The van der Waals surface area contributed by atoms with E-state index < -0.39 is 5.91 Å². The molecule has 2 aromatic heterocycles. The molecule has 0 aliphatic carbocycles. The second-order valence-electron chi connectivity index (χ2n) is 6.03. The van der Waals surface area contributed by atoms with Crippen LogP contribution in [-0.2, 0) is 6.42 Å². The van der Waals surface area contributed by atoms with Crippen molar-refractivity contribution in [1.29, 1.82) is 0 Å². The Bertz CT molecular complexity index is 943. The van der Waals surface area contributed by atoms with Crippen molar-refractivity contribution < 1.29 is 13.7 Å². The van der Waals surface area contributed by atoms with Gasteiger partial charge in [0.2, 0.25) is 5.89 Å². The van der Waals surface area contributed by atoms with Crippen LogP contribution in [-0.4, -0.2) is 22.6 Å². The number of nitrogens with zero attached hydrogens (tertiary/aromatic N) is 2. The van der Waals surface area contributed by atoms with Crippen LogP contribution in [0.5, 0.6) is 0 Å². The van der Waals surface area contributed by atoms with E-state index in [1.807, 2.05) is 13.8 Å². The maximum atomic E-state index is 12.2. The summed E-state index contributed by atoms with van der Waals surface area (Å²) in [5.41, 5.74) is 0.159. The number of rotatable bonds is 6.